The fourth-order valence-corrected chi connectivity index (χ4v) is 3.76. The molecule has 5 heteroatoms. The zero-order valence-corrected chi connectivity index (χ0v) is 14.0. The monoisotopic (exact) mass is 324 g/mol. The molecule has 3 heterocycles. The van der Waals surface area contributed by atoms with Gasteiger partial charge in [-0.1, -0.05) is 18.2 Å². The second-order valence-corrected chi connectivity index (χ2v) is 6.70. The number of aromatic nitrogens is 1. The summed E-state index contributed by atoms with van der Waals surface area (Å²) >= 11 is 0. The predicted octanol–water partition coefficient (Wildman–Crippen LogP) is 1.98. The zero-order chi connectivity index (χ0) is 16.4. The number of piperazine rings is 1. The lowest BCUT2D eigenvalue weighted by Gasteiger charge is -2.36. The second kappa shape index (κ2) is 6.77. The highest BCUT2D eigenvalue weighted by molar-refractivity contribution is 5.91. The summed E-state index contributed by atoms with van der Waals surface area (Å²) in [7, 11) is 0. The summed E-state index contributed by atoms with van der Waals surface area (Å²) in [6.07, 6.45) is 4.21. The topological polar surface area (TPSA) is 39.7 Å². The number of carbonyl (C=O) groups is 1. The zero-order valence-electron chi connectivity index (χ0n) is 14.0. The second-order valence-electron chi connectivity index (χ2n) is 6.70. The van der Waals surface area contributed by atoms with Crippen LogP contribution >= 0.6 is 0 Å². The average Bonchev–Trinajstić information content (AvgIpc) is 3.17. The van der Waals surface area contributed by atoms with Crippen molar-refractivity contribution < 1.29 is 4.79 Å². The van der Waals surface area contributed by atoms with E-state index in [1.807, 2.05) is 17.2 Å². The molecule has 0 saturated carbocycles. The summed E-state index contributed by atoms with van der Waals surface area (Å²) in [5.74, 6) is 0.301. The number of hydrogen-bond acceptors (Lipinski definition) is 4. The van der Waals surface area contributed by atoms with Crippen LogP contribution in [0.15, 0.2) is 36.5 Å². The number of amides is 1. The largest absolute Gasteiger partial charge is 0.368 e. The fourth-order valence-electron chi connectivity index (χ4n) is 3.76. The molecule has 0 bridgehead atoms. The van der Waals surface area contributed by atoms with Crippen LogP contribution < -0.4 is 4.90 Å². The minimum atomic E-state index is 0.301. The molecule has 126 valence electrons. The van der Waals surface area contributed by atoms with Crippen molar-refractivity contribution in [1.82, 2.24) is 14.8 Å². The number of hydrogen-bond donors (Lipinski definition) is 0. The van der Waals surface area contributed by atoms with E-state index in [-0.39, 0.29) is 0 Å². The first-order chi connectivity index (χ1) is 11.8. The number of likely N-dealkylation sites (tertiary alicyclic amines) is 1. The van der Waals surface area contributed by atoms with Gasteiger partial charge in [-0.3, -0.25) is 14.7 Å². The first kappa shape index (κ1) is 15.4. The molecule has 2 saturated heterocycles. The highest BCUT2D eigenvalue weighted by Crippen LogP contribution is 2.26. The number of benzene rings is 1. The van der Waals surface area contributed by atoms with Crippen molar-refractivity contribution >= 4 is 22.5 Å². The first-order valence-corrected chi connectivity index (χ1v) is 8.90. The van der Waals surface area contributed by atoms with Crippen LogP contribution in [-0.2, 0) is 4.79 Å². The van der Waals surface area contributed by atoms with E-state index in [2.05, 4.69) is 39.0 Å². The highest BCUT2D eigenvalue weighted by atomic mass is 16.2. The van der Waals surface area contributed by atoms with Gasteiger partial charge in [-0.05, 0) is 25.0 Å². The number of fused-ring (bicyclic) bond motifs is 1. The van der Waals surface area contributed by atoms with Gasteiger partial charge < -0.3 is 9.80 Å². The Bertz CT molecular complexity index is 713. The van der Waals surface area contributed by atoms with Gasteiger partial charge in [-0.25, -0.2) is 0 Å². The SMILES string of the molecule is O=C(CN1CCN(c2ccnc3ccccc23)CC1)N1CCCC1. The highest BCUT2D eigenvalue weighted by Gasteiger charge is 2.24. The summed E-state index contributed by atoms with van der Waals surface area (Å²) in [5.41, 5.74) is 2.30. The molecule has 0 atom stereocenters. The maximum absolute atomic E-state index is 12.3. The van der Waals surface area contributed by atoms with Gasteiger partial charge in [0.2, 0.25) is 5.91 Å². The van der Waals surface area contributed by atoms with Crippen LogP contribution in [0.5, 0.6) is 0 Å². The third-order valence-electron chi connectivity index (χ3n) is 5.16. The number of pyridine rings is 1. The molecule has 5 nitrogen and oxygen atoms in total. The molecule has 4 rings (SSSR count). The van der Waals surface area contributed by atoms with Crippen LogP contribution in [0.25, 0.3) is 10.9 Å². The lowest BCUT2D eigenvalue weighted by Crippen LogP contribution is -2.49. The Morgan fingerprint density at radius 3 is 2.50 bits per heavy atom. The third kappa shape index (κ3) is 3.08. The summed E-state index contributed by atoms with van der Waals surface area (Å²) in [6, 6.07) is 10.4. The molecule has 2 aliphatic rings. The first-order valence-electron chi connectivity index (χ1n) is 8.90. The molecule has 0 unspecified atom stereocenters. The lowest BCUT2D eigenvalue weighted by atomic mass is 10.1. The molecule has 1 aromatic carbocycles. The number of anilines is 1. The standard InChI is InChI=1S/C19H24N4O/c24-19(23-9-3-4-10-23)15-21-11-13-22(14-12-21)18-7-8-20-17-6-2-1-5-16(17)18/h1-2,5-8H,3-4,9-15H2. The smallest absolute Gasteiger partial charge is 0.236 e. The summed E-state index contributed by atoms with van der Waals surface area (Å²) < 4.78 is 0. The minimum Gasteiger partial charge on any atom is -0.368 e. The van der Waals surface area contributed by atoms with Crippen molar-refractivity contribution in [2.75, 3.05) is 50.7 Å². The molecule has 2 aliphatic heterocycles. The Morgan fingerprint density at radius 2 is 1.71 bits per heavy atom. The van der Waals surface area contributed by atoms with E-state index in [4.69, 9.17) is 0 Å². The number of rotatable bonds is 3. The van der Waals surface area contributed by atoms with Crippen LogP contribution in [-0.4, -0.2) is 66.5 Å². The maximum atomic E-state index is 12.3. The van der Waals surface area contributed by atoms with Gasteiger partial charge in [-0.2, -0.15) is 0 Å². The Hall–Kier alpha value is -2.14. The van der Waals surface area contributed by atoms with Gasteiger partial charge in [-0.15, -0.1) is 0 Å². The molecule has 0 aliphatic carbocycles. The molecule has 1 aromatic heterocycles. The third-order valence-corrected chi connectivity index (χ3v) is 5.16. The van der Waals surface area contributed by atoms with Crippen molar-refractivity contribution in [3.05, 3.63) is 36.5 Å². The van der Waals surface area contributed by atoms with Gasteiger partial charge in [0, 0.05) is 56.5 Å². The van der Waals surface area contributed by atoms with Crippen molar-refractivity contribution in [2.45, 2.75) is 12.8 Å². The molecule has 2 aromatic rings. The molecule has 2 fully saturated rings. The number of nitrogens with zero attached hydrogens (tertiary/aromatic N) is 4. The van der Waals surface area contributed by atoms with E-state index >= 15 is 0 Å². The molecule has 0 spiro atoms. The van der Waals surface area contributed by atoms with Gasteiger partial charge in [0.25, 0.3) is 0 Å². The van der Waals surface area contributed by atoms with Crippen LogP contribution in [0.1, 0.15) is 12.8 Å². The molecule has 0 N–H and O–H groups in total. The van der Waals surface area contributed by atoms with Crippen molar-refractivity contribution in [2.24, 2.45) is 0 Å². The summed E-state index contributed by atoms with van der Waals surface area (Å²) in [6.45, 7) is 6.27. The number of para-hydroxylation sites is 1. The van der Waals surface area contributed by atoms with Gasteiger partial charge in [0.05, 0.1) is 12.1 Å². The molecular weight excluding hydrogens is 300 g/mol. The van der Waals surface area contributed by atoms with E-state index < -0.39 is 0 Å². The Labute approximate surface area is 142 Å². The quantitative estimate of drug-likeness (QED) is 0.865. The Morgan fingerprint density at radius 1 is 0.958 bits per heavy atom. The van der Waals surface area contributed by atoms with Crippen molar-refractivity contribution in [3.63, 3.8) is 0 Å². The van der Waals surface area contributed by atoms with Gasteiger partial charge >= 0.3 is 0 Å². The molecule has 1 amide bonds. The van der Waals surface area contributed by atoms with E-state index in [1.54, 1.807) is 0 Å². The van der Waals surface area contributed by atoms with Crippen LogP contribution in [0.4, 0.5) is 5.69 Å². The van der Waals surface area contributed by atoms with E-state index in [1.165, 1.54) is 11.1 Å². The van der Waals surface area contributed by atoms with E-state index in [0.29, 0.717) is 12.5 Å². The van der Waals surface area contributed by atoms with Crippen molar-refractivity contribution in [1.29, 1.82) is 0 Å². The molecule has 0 radical (unpaired) electrons. The molecule has 24 heavy (non-hydrogen) atoms. The van der Waals surface area contributed by atoms with Crippen molar-refractivity contribution in [3.8, 4) is 0 Å². The van der Waals surface area contributed by atoms with Crippen LogP contribution in [0.2, 0.25) is 0 Å². The Kier molecular flexibility index (Phi) is 4.34. The normalized spacial score (nSPS) is 19.2. The summed E-state index contributed by atoms with van der Waals surface area (Å²) in [5, 5.41) is 1.21. The number of carbonyl (C=O) groups excluding carboxylic acids is 1. The predicted molar refractivity (Wildman–Crippen MR) is 96.2 cm³/mol. The average molecular weight is 324 g/mol. The molecular formula is C19H24N4O. The summed E-state index contributed by atoms with van der Waals surface area (Å²) in [4.78, 5) is 23.5. The van der Waals surface area contributed by atoms with Gasteiger partial charge in [0.15, 0.2) is 0 Å². The minimum absolute atomic E-state index is 0.301. The fraction of sp³-hybridized carbons (Fsp3) is 0.474. The van der Waals surface area contributed by atoms with Crippen LogP contribution in [0.3, 0.4) is 0 Å². The van der Waals surface area contributed by atoms with Gasteiger partial charge in [0.1, 0.15) is 0 Å². The maximum Gasteiger partial charge on any atom is 0.236 e. The van der Waals surface area contributed by atoms with E-state index in [9.17, 15) is 4.79 Å². The lowest BCUT2D eigenvalue weighted by molar-refractivity contribution is -0.131. The van der Waals surface area contributed by atoms with Crippen LogP contribution in [0, 0.1) is 0 Å². The Balaban J connectivity index is 1.39. The van der Waals surface area contributed by atoms with E-state index in [0.717, 1.165) is 57.6 Å².